The molecule has 7 nitrogen and oxygen atoms in total. The molecular formula is C20H24N4O3. The van der Waals surface area contributed by atoms with Crippen LogP contribution in [0.15, 0.2) is 30.5 Å². The second kappa shape index (κ2) is 7.92. The quantitative estimate of drug-likeness (QED) is 0.862. The van der Waals surface area contributed by atoms with Gasteiger partial charge < -0.3 is 19.7 Å². The fraction of sp³-hybridized carbons (Fsp3) is 0.450. The Bertz CT molecular complexity index is 809. The van der Waals surface area contributed by atoms with Crippen molar-refractivity contribution in [3.05, 3.63) is 47.5 Å². The van der Waals surface area contributed by atoms with Gasteiger partial charge in [-0.05, 0) is 30.7 Å². The number of hydrogen-bond donors (Lipinski definition) is 1. The van der Waals surface area contributed by atoms with E-state index in [2.05, 4.69) is 10.3 Å². The first-order chi connectivity index (χ1) is 13.2. The van der Waals surface area contributed by atoms with Crippen molar-refractivity contribution in [1.82, 2.24) is 20.2 Å². The zero-order valence-electron chi connectivity index (χ0n) is 15.5. The second-order valence-electron chi connectivity index (χ2n) is 6.92. The van der Waals surface area contributed by atoms with Crippen LogP contribution in [0, 0.1) is 0 Å². The molecule has 0 radical (unpaired) electrons. The Hall–Kier alpha value is -2.67. The summed E-state index contributed by atoms with van der Waals surface area (Å²) in [5, 5.41) is 3.33. The molecule has 1 fully saturated rings. The van der Waals surface area contributed by atoms with Crippen molar-refractivity contribution in [2.24, 2.45) is 0 Å². The number of likely N-dealkylation sites (tertiary alicyclic amines) is 1. The van der Waals surface area contributed by atoms with Crippen molar-refractivity contribution in [2.75, 3.05) is 33.4 Å². The van der Waals surface area contributed by atoms with E-state index >= 15 is 0 Å². The molecule has 1 aromatic heterocycles. The molecule has 1 unspecified atom stereocenters. The van der Waals surface area contributed by atoms with Crippen LogP contribution in [-0.4, -0.2) is 54.1 Å². The molecule has 2 aliphatic rings. The van der Waals surface area contributed by atoms with Gasteiger partial charge in [-0.2, -0.15) is 0 Å². The van der Waals surface area contributed by atoms with Crippen LogP contribution >= 0.6 is 0 Å². The maximum atomic E-state index is 12.5. The minimum absolute atomic E-state index is 0.00419. The molecule has 4 rings (SSSR count). The number of carbonyl (C=O) groups excluding carboxylic acids is 1. The fourth-order valence-electron chi connectivity index (χ4n) is 3.55. The number of nitrogens with one attached hydrogen (secondary N) is 1. The molecule has 1 aromatic carbocycles. The van der Waals surface area contributed by atoms with E-state index in [-0.39, 0.29) is 18.4 Å². The highest BCUT2D eigenvalue weighted by Gasteiger charge is 2.30. The number of hydrogen-bond acceptors (Lipinski definition) is 6. The lowest BCUT2D eigenvalue weighted by molar-refractivity contribution is -0.132. The highest BCUT2D eigenvalue weighted by molar-refractivity contribution is 5.78. The maximum Gasteiger partial charge on any atom is 0.260 e. The van der Waals surface area contributed by atoms with Crippen LogP contribution in [0.25, 0.3) is 0 Å². The van der Waals surface area contributed by atoms with E-state index in [1.165, 1.54) is 5.56 Å². The van der Waals surface area contributed by atoms with Gasteiger partial charge in [0.15, 0.2) is 6.61 Å². The van der Waals surface area contributed by atoms with Gasteiger partial charge in [-0.15, -0.1) is 0 Å². The Morgan fingerprint density at radius 1 is 1.30 bits per heavy atom. The summed E-state index contributed by atoms with van der Waals surface area (Å²) in [6.07, 6.45) is 3.77. The van der Waals surface area contributed by atoms with E-state index in [9.17, 15) is 4.79 Å². The van der Waals surface area contributed by atoms with Crippen molar-refractivity contribution >= 4 is 5.91 Å². The zero-order chi connectivity index (χ0) is 18.6. The lowest BCUT2D eigenvalue weighted by atomic mass is 10.1. The number of ether oxygens (including phenoxy) is 2. The van der Waals surface area contributed by atoms with Gasteiger partial charge in [0.2, 0.25) is 0 Å². The largest absolute Gasteiger partial charge is 0.497 e. The van der Waals surface area contributed by atoms with Crippen LogP contribution in [0.4, 0.5) is 0 Å². The van der Waals surface area contributed by atoms with E-state index in [1.807, 2.05) is 23.2 Å². The number of aromatic nitrogens is 2. The van der Waals surface area contributed by atoms with Crippen LogP contribution in [0.1, 0.15) is 29.4 Å². The molecule has 1 saturated heterocycles. The van der Waals surface area contributed by atoms with Crippen molar-refractivity contribution < 1.29 is 14.3 Å². The molecule has 142 valence electrons. The minimum atomic E-state index is -0.00419. The molecule has 1 atom stereocenters. The number of methoxy groups -OCH3 is 1. The summed E-state index contributed by atoms with van der Waals surface area (Å²) >= 11 is 0. The predicted octanol–water partition coefficient (Wildman–Crippen LogP) is 1.53. The van der Waals surface area contributed by atoms with Gasteiger partial charge in [0.1, 0.15) is 17.3 Å². The summed E-state index contributed by atoms with van der Waals surface area (Å²) < 4.78 is 10.7. The van der Waals surface area contributed by atoms with Crippen LogP contribution in [0.3, 0.4) is 0 Å². The minimum Gasteiger partial charge on any atom is -0.497 e. The van der Waals surface area contributed by atoms with Crippen LogP contribution in [-0.2, 0) is 17.8 Å². The molecule has 0 aliphatic carbocycles. The molecule has 0 saturated carbocycles. The fourth-order valence-corrected chi connectivity index (χ4v) is 3.55. The van der Waals surface area contributed by atoms with Gasteiger partial charge in [-0.3, -0.25) is 4.79 Å². The topological polar surface area (TPSA) is 76.6 Å². The number of amides is 1. The number of nitrogens with zero attached hydrogens (tertiary/aromatic N) is 3. The molecule has 2 aliphatic heterocycles. The lowest BCUT2D eigenvalue weighted by Gasteiger charge is -2.19. The van der Waals surface area contributed by atoms with Crippen molar-refractivity contribution in [1.29, 1.82) is 0 Å². The maximum absolute atomic E-state index is 12.5. The molecule has 2 aromatic rings. The Kier molecular flexibility index (Phi) is 5.20. The van der Waals surface area contributed by atoms with E-state index in [0.29, 0.717) is 12.3 Å². The number of benzene rings is 1. The Labute approximate surface area is 158 Å². The van der Waals surface area contributed by atoms with Gasteiger partial charge >= 0.3 is 0 Å². The molecular weight excluding hydrogens is 344 g/mol. The number of carbonyl (C=O) groups is 1. The summed E-state index contributed by atoms with van der Waals surface area (Å²) in [6, 6.07) is 7.23. The summed E-state index contributed by atoms with van der Waals surface area (Å²) in [4.78, 5) is 23.6. The van der Waals surface area contributed by atoms with Gasteiger partial charge in [0.25, 0.3) is 5.91 Å². The Balaban J connectivity index is 1.32. The Morgan fingerprint density at radius 2 is 2.11 bits per heavy atom. The number of rotatable bonds is 5. The first kappa shape index (κ1) is 17.7. The molecule has 0 bridgehead atoms. The SMILES string of the molecule is COc1ccc(OCC(=O)N2CCC(c3ncc4c(n3)CCNC4)C2)cc1. The summed E-state index contributed by atoms with van der Waals surface area (Å²) in [5.74, 6) is 2.48. The summed E-state index contributed by atoms with van der Waals surface area (Å²) in [5.41, 5.74) is 2.33. The smallest absolute Gasteiger partial charge is 0.260 e. The van der Waals surface area contributed by atoms with Crippen molar-refractivity contribution in [3.8, 4) is 11.5 Å². The monoisotopic (exact) mass is 368 g/mol. The summed E-state index contributed by atoms with van der Waals surface area (Å²) in [6.45, 7) is 3.21. The zero-order valence-corrected chi connectivity index (χ0v) is 15.5. The highest BCUT2D eigenvalue weighted by atomic mass is 16.5. The third-order valence-corrected chi connectivity index (χ3v) is 5.15. The average Bonchev–Trinajstić information content (AvgIpc) is 3.22. The molecule has 1 N–H and O–H groups in total. The molecule has 7 heteroatoms. The van der Waals surface area contributed by atoms with Gasteiger partial charge in [0.05, 0.1) is 7.11 Å². The first-order valence-electron chi connectivity index (χ1n) is 9.33. The van der Waals surface area contributed by atoms with E-state index in [4.69, 9.17) is 14.5 Å². The Morgan fingerprint density at radius 3 is 2.93 bits per heavy atom. The molecule has 0 spiro atoms. The van der Waals surface area contributed by atoms with E-state index < -0.39 is 0 Å². The first-order valence-corrected chi connectivity index (χ1v) is 9.33. The van der Waals surface area contributed by atoms with Crippen LogP contribution < -0.4 is 14.8 Å². The van der Waals surface area contributed by atoms with E-state index in [0.717, 1.165) is 49.7 Å². The van der Waals surface area contributed by atoms with Gasteiger partial charge in [-0.25, -0.2) is 9.97 Å². The average molecular weight is 368 g/mol. The summed E-state index contributed by atoms with van der Waals surface area (Å²) in [7, 11) is 1.62. The molecule has 1 amide bonds. The van der Waals surface area contributed by atoms with Gasteiger partial charge in [-0.1, -0.05) is 0 Å². The number of fused-ring (bicyclic) bond motifs is 1. The third kappa shape index (κ3) is 4.03. The standard InChI is InChI=1S/C20H24N4O3/c1-26-16-2-4-17(5-3-16)27-13-19(25)24-9-7-14(12-24)20-22-11-15-10-21-8-6-18(15)23-20/h2-5,11,14,21H,6-10,12-13H2,1H3. The van der Waals surface area contributed by atoms with Crippen molar-refractivity contribution in [3.63, 3.8) is 0 Å². The highest BCUT2D eigenvalue weighted by Crippen LogP contribution is 2.26. The molecule has 27 heavy (non-hydrogen) atoms. The normalized spacial score (nSPS) is 18.9. The predicted molar refractivity (Wildman–Crippen MR) is 99.9 cm³/mol. The van der Waals surface area contributed by atoms with Crippen LogP contribution in [0.5, 0.6) is 11.5 Å². The lowest BCUT2D eigenvalue weighted by Crippen LogP contribution is -2.33. The molecule has 3 heterocycles. The van der Waals surface area contributed by atoms with Crippen LogP contribution in [0.2, 0.25) is 0 Å². The third-order valence-electron chi connectivity index (χ3n) is 5.15. The second-order valence-corrected chi connectivity index (χ2v) is 6.92. The van der Waals surface area contributed by atoms with Crippen molar-refractivity contribution in [2.45, 2.75) is 25.3 Å². The van der Waals surface area contributed by atoms with E-state index in [1.54, 1.807) is 19.2 Å². The van der Waals surface area contributed by atoms with Gasteiger partial charge in [0, 0.05) is 56.0 Å².